The number of β-amino-alcohol motifs (C(OH)–C–C–N with tert-alkyl or cyclic N) is 1. The van der Waals surface area contributed by atoms with Gasteiger partial charge >= 0.3 is 5.97 Å². The molecule has 0 bridgehead atoms. The lowest BCUT2D eigenvalue weighted by atomic mass is 10.2. The Morgan fingerprint density at radius 3 is 2.53 bits per heavy atom. The summed E-state index contributed by atoms with van der Waals surface area (Å²) in [6.07, 6.45) is -0.816. The summed E-state index contributed by atoms with van der Waals surface area (Å²) in [7, 11) is 1.56. The van der Waals surface area contributed by atoms with Crippen molar-refractivity contribution < 1.29 is 19.8 Å². The van der Waals surface area contributed by atoms with Crippen LogP contribution in [0, 0.1) is 0 Å². The quantitative estimate of drug-likeness (QED) is 0.853. The smallest absolute Gasteiger partial charge is 0.326 e. The van der Waals surface area contributed by atoms with Gasteiger partial charge in [-0.05, 0) is 6.07 Å². The molecule has 2 atom stereocenters. The van der Waals surface area contributed by atoms with Crippen molar-refractivity contribution in [2.75, 3.05) is 6.54 Å². The van der Waals surface area contributed by atoms with E-state index in [1.165, 1.54) is 10.6 Å². The summed E-state index contributed by atoms with van der Waals surface area (Å²) < 4.78 is 1.38. The predicted octanol–water partition coefficient (Wildman–Crippen LogP) is 0.992. The van der Waals surface area contributed by atoms with E-state index in [0.717, 1.165) is 4.90 Å². The molecule has 1 unspecified atom stereocenters. The molecule has 1 aromatic heterocycles. The monoisotopic (exact) mass is 306 g/mol. The van der Waals surface area contributed by atoms with Crippen molar-refractivity contribution in [1.29, 1.82) is 0 Å². The molecule has 1 amide bonds. The number of aromatic nitrogens is 1. The van der Waals surface area contributed by atoms with Crippen LogP contribution in [0.4, 0.5) is 0 Å². The van der Waals surface area contributed by atoms with Crippen molar-refractivity contribution in [3.8, 4) is 0 Å². The van der Waals surface area contributed by atoms with E-state index in [0.29, 0.717) is 0 Å². The fraction of sp³-hybridized carbons (Fsp3) is 0.455. The summed E-state index contributed by atoms with van der Waals surface area (Å²) in [4.78, 5) is 24.5. The highest BCUT2D eigenvalue weighted by molar-refractivity contribution is 6.41. The van der Waals surface area contributed by atoms with Gasteiger partial charge in [0.25, 0.3) is 5.91 Å². The number of aliphatic hydroxyl groups is 1. The Morgan fingerprint density at radius 2 is 2.05 bits per heavy atom. The van der Waals surface area contributed by atoms with Crippen molar-refractivity contribution in [1.82, 2.24) is 9.47 Å². The first-order valence-electron chi connectivity index (χ1n) is 5.55. The Morgan fingerprint density at radius 1 is 1.42 bits per heavy atom. The highest BCUT2D eigenvalue weighted by atomic mass is 35.5. The first kappa shape index (κ1) is 14.2. The average Bonchev–Trinajstić information content (AvgIpc) is 2.85. The van der Waals surface area contributed by atoms with Gasteiger partial charge in [-0.15, -0.1) is 0 Å². The minimum atomic E-state index is -1.14. The van der Waals surface area contributed by atoms with Gasteiger partial charge in [0.1, 0.15) is 16.9 Å². The zero-order valence-electron chi connectivity index (χ0n) is 10.0. The Hall–Kier alpha value is -1.24. The number of aliphatic carboxylic acids is 1. The van der Waals surface area contributed by atoms with Crippen LogP contribution >= 0.6 is 23.2 Å². The van der Waals surface area contributed by atoms with E-state index in [1.807, 2.05) is 0 Å². The van der Waals surface area contributed by atoms with Gasteiger partial charge in [-0.3, -0.25) is 4.79 Å². The third-order valence-electron chi connectivity index (χ3n) is 3.16. The van der Waals surface area contributed by atoms with E-state index < -0.39 is 24.0 Å². The molecule has 1 fully saturated rings. The average molecular weight is 307 g/mol. The van der Waals surface area contributed by atoms with Gasteiger partial charge in [0.05, 0.1) is 11.1 Å². The largest absolute Gasteiger partial charge is 0.480 e. The second-order valence-electron chi connectivity index (χ2n) is 4.43. The summed E-state index contributed by atoms with van der Waals surface area (Å²) in [5.41, 5.74) is 0.190. The van der Waals surface area contributed by atoms with Crippen molar-refractivity contribution >= 4 is 35.1 Å². The highest BCUT2D eigenvalue weighted by Gasteiger charge is 2.40. The third kappa shape index (κ3) is 2.43. The van der Waals surface area contributed by atoms with Gasteiger partial charge in [-0.1, -0.05) is 23.2 Å². The minimum Gasteiger partial charge on any atom is -0.480 e. The predicted molar refractivity (Wildman–Crippen MR) is 68.5 cm³/mol. The molecule has 1 saturated heterocycles. The number of carboxylic acid groups (broad SMARTS) is 1. The molecule has 0 saturated carbocycles. The summed E-state index contributed by atoms with van der Waals surface area (Å²) in [5, 5.41) is 19.0. The third-order valence-corrected chi connectivity index (χ3v) is 4.00. The van der Waals surface area contributed by atoms with Gasteiger partial charge in [0.2, 0.25) is 0 Å². The number of nitrogens with zero attached hydrogens (tertiary/aromatic N) is 2. The Balaban J connectivity index is 2.33. The standard InChI is InChI=1S/C11H12Cl2N2O4/c1-14-7(3-6(12)9(14)13)10(17)15-4-5(16)2-8(15)11(18)19/h3,5,8,16H,2,4H2,1H3,(H,18,19)/t5?,8-/m0/s1. The number of carbonyl (C=O) groups excluding carboxylic acids is 1. The summed E-state index contributed by atoms with van der Waals surface area (Å²) in [6.45, 7) is -0.0176. The number of rotatable bonds is 2. The number of carbonyl (C=O) groups is 2. The normalized spacial score (nSPS) is 22.8. The van der Waals surface area contributed by atoms with Gasteiger partial charge < -0.3 is 19.7 Å². The maximum absolute atomic E-state index is 12.3. The number of likely N-dealkylation sites (tertiary alicyclic amines) is 1. The van der Waals surface area contributed by atoms with Crippen LogP contribution in [0.2, 0.25) is 10.2 Å². The van der Waals surface area contributed by atoms with Crippen LogP contribution in [0.25, 0.3) is 0 Å². The maximum atomic E-state index is 12.3. The fourth-order valence-corrected chi connectivity index (χ4v) is 2.54. The maximum Gasteiger partial charge on any atom is 0.326 e. The molecule has 0 aliphatic carbocycles. The van der Waals surface area contributed by atoms with Crippen molar-refractivity contribution in [2.24, 2.45) is 7.05 Å². The Kier molecular flexibility index (Phi) is 3.75. The van der Waals surface area contributed by atoms with Crippen molar-refractivity contribution in [3.63, 3.8) is 0 Å². The Labute approximate surface area is 119 Å². The minimum absolute atomic E-state index is 0.0176. The van der Waals surface area contributed by atoms with E-state index >= 15 is 0 Å². The summed E-state index contributed by atoms with van der Waals surface area (Å²) >= 11 is 11.7. The molecule has 1 aliphatic rings. The number of amides is 1. The molecule has 2 heterocycles. The molecule has 0 aromatic carbocycles. The van der Waals surface area contributed by atoms with E-state index in [4.69, 9.17) is 28.3 Å². The second-order valence-corrected chi connectivity index (χ2v) is 5.19. The molecule has 2 rings (SSSR count). The number of aliphatic hydroxyl groups excluding tert-OH is 1. The molecule has 104 valence electrons. The van der Waals surface area contributed by atoms with Gasteiger partial charge in [-0.2, -0.15) is 0 Å². The molecule has 19 heavy (non-hydrogen) atoms. The molecule has 6 nitrogen and oxygen atoms in total. The van der Waals surface area contributed by atoms with Crippen LogP contribution in [0.1, 0.15) is 16.9 Å². The molecule has 2 N–H and O–H groups in total. The summed E-state index contributed by atoms with van der Waals surface area (Å²) in [6, 6.07) is 0.352. The van der Waals surface area contributed by atoms with Gasteiger partial charge in [0, 0.05) is 20.0 Å². The van der Waals surface area contributed by atoms with Crippen molar-refractivity contribution in [3.05, 3.63) is 21.9 Å². The molecule has 1 aliphatic heterocycles. The van der Waals surface area contributed by atoms with Crippen molar-refractivity contribution in [2.45, 2.75) is 18.6 Å². The Bertz CT molecular complexity index is 543. The van der Waals surface area contributed by atoms with Gasteiger partial charge in [-0.25, -0.2) is 4.79 Å². The lowest BCUT2D eigenvalue weighted by Gasteiger charge is -2.21. The van der Waals surface area contributed by atoms with Crippen LogP contribution < -0.4 is 0 Å². The van der Waals surface area contributed by atoms with E-state index in [9.17, 15) is 14.7 Å². The first-order valence-corrected chi connectivity index (χ1v) is 6.31. The highest BCUT2D eigenvalue weighted by Crippen LogP contribution is 2.28. The number of hydrogen-bond acceptors (Lipinski definition) is 3. The van der Waals surface area contributed by atoms with Crippen LogP contribution in [0.15, 0.2) is 6.07 Å². The topological polar surface area (TPSA) is 82.8 Å². The van der Waals surface area contributed by atoms with E-state index in [1.54, 1.807) is 7.05 Å². The fourth-order valence-electron chi connectivity index (χ4n) is 2.17. The SMILES string of the molecule is Cn1c(C(=O)N2CC(O)C[C@H]2C(=O)O)cc(Cl)c1Cl. The van der Waals surface area contributed by atoms with Crippen LogP contribution in [-0.2, 0) is 11.8 Å². The number of carboxylic acids is 1. The van der Waals surface area contributed by atoms with E-state index in [2.05, 4.69) is 0 Å². The number of hydrogen-bond donors (Lipinski definition) is 2. The number of halogens is 2. The molecule has 8 heteroatoms. The van der Waals surface area contributed by atoms with Crippen LogP contribution in [0.5, 0.6) is 0 Å². The van der Waals surface area contributed by atoms with Crippen LogP contribution in [0.3, 0.4) is 0 Å². The first-order chi connectivity index (χ1) is 8.82. The molecule has 1 aromatic rings. The van der Waals surface area contributed by atoms with Crippen LogP contribution in [-0.4, -0.2) is 50.2 Å². The summed E-state index contributed by atoms with van der Waals surface area (Å²) in [5.74, 6) is -1.66. The molecule has 0 radical (unpaired) electrons. The lowest BCUT2D eigenvalue weighted by molar-refractivity contribution is -0.141. The molecular formula is C11H12Cl2N2O4. The lowest BCUT2D eigenvalue weighted by Crippen LogP contribution is -2.41. The zero-order chi connectivity index (χ0) is 14.3. The zero-order valence-corrected chi connectivity index (χ0v) is 11.5. The van der Waals surface area contributed by atoms with Gasteiger partial charge in [0.15, 0.2) is 0 Å². The molecular weight excluding hydrogens is 295 g/mol. The second kappa shape index (κ2) is 5.03. The van der Waals surface area contributed by atoms with E-state index in [-0.39, 0.29) is 28.8 Å². The molecule has 0 spiro atoms.